The van der Waals surface area contributed by atoms with Gasteiger partial charge in [-0.15, -0.1) is 0 Å². The van der Waals surface area contributed by atoms with Gasteiger partial charge in [0.15, 0.2) is 0 Å². The second-order valence-corrected chi connectivity index (χ2v) is 9.81. The van der Waals surface area contributed by atoms with E-state index in [0.29, 0.717) is 29.4 Å². The lowest BCUT2D eigenvalue weighted by atomic mass is 10.1. The van der Waals surface area contributed by atoms with E-state index in [2.05, 4.69) is 4.72 Å². The molecule has 0 saturated carbocycles. The Morgan fingerprint density at radius 1 is 0.969 bits per heavy atom. The van der Waals surface area contributed by atoms with Crippen molar-refractivity contribution in [2.45, 2.75) is 24.0 Å². The highest BCUT2D eigenvalue weighted by atomic mass is 35.5. The van der Waals surface area contributed by atoms with Crippen molar-refractivity contribution >= 4 is 33.2 Å². The van der Waals surface area contributed by atoms with Gasteiger partial charge in [-0.2, -0.15) is 0 Å². The van der Waals surface area contributed by atoms with Crippen molar-refractivity contribution in [2.24, 2.45) is 0 Å². The number of benzene rings is 3. The van der Waals surface area contributed by atoms with E-state index in [1.165, 1.54) is 24.3 Å². The smallest absolute Gasteiger partial charge is 0.261 e. The average Bonchev–Trinajstić information content (AvgIpc) is 2.80. The molecular formula is C24H23ClN2O4S. The number of morpholine rings is 1. The summed E-state index contributed by atoms with van der Waals surface area (Å²) < 4.78 is 33.8. The number of carbonyl (C=O) groups is 1. The van der Waals surface area contributed by atoms with Crippen molar-refractivity contribution in [1.82, 2.24) is 4.90 Å². The number of hydrogen-bond acceptors (Lipinski definition) is 4. The van der Waals surface area contributed by atoms with E-state index in [0.717, 1.165) is 5.56 Å². The fourth-order valence-corrected chi connectivity index (χ4v) is 4.84. The Hall–Kier alpha value is -2.87. The standard InChI is InChI=1S/C24H23ClN2O4S/c1-17-15-27(16-23(31-17)18-5-3-2-4-6-18)24(28)19-7-13-22(14-8-19)32(29,30)26-21-11-9-20(25)10-12-21/h2-14,17,23,26H,15-16H2,1H3. The van der Waals surface area contributed by atoms with Crippen molar-refractivity contribution in [3.63, 3.8) is 0 Å². The molecule has 2 atom stereocenters. The third-order valence-corrected chi connectivity index (χ3v) is 6.88. The molecule has 3 aromatic carbocycles. The lowest BCUT2D eigenvalue weighted by Crippen LogP contribution is -2.45. The van der Waals surface area contributed by atoms with Crippen LogP contribution < -0.4 is 4.72 Å². The first-order valence-corrected chi connectivity index (χ1v) is 12.1. The fourth-order valence-electron chi connectivity index (χ4n) is 3.66. The van der Waals surface area contributed by atoms with Crippen LogP contribution in [0.25, 0.3) is 0 Å². The monoisotopic (exact) mass is 470 g/mol. The van der Waals surface area contributed by atoms with Crippen LogP contribution in [0.4, 0.5) is 5.69 Å². The van der Waals surface area contributed by atoms with E-state index in [1.54, 1.807) is 29.2 Å². The van der Waals surface area contributed by atoms with E-state index in [1.807, 2.05) is 37.3 Å². The zero-order chi connectivity index (χ0) is 22.7. The van der Waals surface area contributed by atoms with Gasteiger partial charge < -0.3 is 9.64 Å². The maximum Gasteiger partial charge on any atom is 0.261 e. The largest absolute Gasteiger partial charge is 0.367 e. The Bertz CT molecular complexity index is 1180. The Morgan fingerprint density at radius 2 is 1.62 bits per heavy atom. The van der Waals surface area contributed by atoms with E-state index in [-0.39, 0.29) is 23.0 Å². The number of carbonyl (C=O) groups excluding carboxylic acids is 1. The molecule has 3 aromatic rings. The number of anilines is 1. The van der Waals surface area contributed by atoms with Crippen LogP contribution in [0.1, 0.15) is 28.9 Å². The molecule has 4 rings (SSSR count). The summed E-state index contributed by atoms with van der Waals surface area (Å²) in [6.07, 6.45) is -0.312. The van der Waals surface area contributed by atoms with Gasteiger partial charge in [-0.25, -0.2) is 8.42 Å². The zero-order valence-electron chi connectivity index (χ0n) is 17.4. The van der Waals surface area contributed by atoms with Gasteiger partial charge in [0.1, 0.15) is 6.10 Å². The van der Waals surface area contributed by atoms with Gasteiger partial charge in [-0.05, 0) is 61.0 Å². The molecule has 1 aliphatic rings. The third-order valence-electron chi connectivity index (χ3n) is 5.23. The van der Waals surface area contributed by atoms with Crippen LogP contribution in [0.15, 0.2) is 83.8 Å². The number of sulfonamides is 1. The summed E-state index contributed by atoms with van der Waals surface area (Å²) in [4.78, 5) is 14.9. The Morgan fingerprint density at radius 3 is 2.28 bits per heavy atom. The molecule has 0 aromatic heterocycles. The van der Waals surface area contributed by atoms with Crippen LogP contribution in [0.3, 0.4) is 0 Å². The van der Waals surface area contributed by atoms with E-state index < -0.39 is 10.0 Å². The molecule has 1 N–H and O–H groups in total. The molecule has 2 unspecified atom stereocenters. The van der Waals surface area contributed by atoms with Gasteiger partial charge in [-0.3, -0.25) is 9.52 Å². The van der Waals surface area contributed by atoms with Crippen LogP contribution in [0, 0.1) is 0 Å². The average molecular weight is 471 g/mol. The molecule has 166 valence electrons. The maximum atomic E-state index is 13.1. The topological polar surface area (TPSA) is 75.7 Å². The molecule has 1 aliphatic heterocycles. The van der Waals surface area contributed by atoms with Crippen molar-refractivity contribution in [3.05, 3.63) is 95.0 Å². The molecule has 0 aliphatic carbocycles. The molecule has 0 radical (unpaired) electrons. The number of rotatable bonds is 5. The predicted octanol–water partition coefficient (Wildman–Crippen LogP) is 4.74. The first kappa shape index (κ1) is 22.3. The fraction of sp³-hybridized carbons (Fsp3) is 0.208. The van der Waals surface area contributed by atoms with Crippen molar-refractivity contribution in [3.8, 4) is 0 Å². The van der Waals surface area contributed by atoms with Crippen LogP contribution >= 0.6 is 11.6 Å². The number of amides is 1. The third kappa shape index (κ3) is 5.12. The Labute approximate surface area is 192 Å². The van der Waals surface area contributed by atoms with Crippen LogP contribution in [0.2, 0.25) is 5.02 Å². The number of ether oxygens (including phenoxy) is 1. The van der Waals surface area contributed by atoms with Gasteiger partial charge in [0, 0.05) is 22.8 Å². The molecule has 6 nitrogen and oxygen atoms in total. The summed E-state index contributed by atoms with van der Waals surface area (Å²) in [7, 11) is -3.79. The SMILES string of the molecule is CC1CN(C(=O)c2ccc(S(=O)(=O)Nc3ccc(Cl)cc3)cc2)CC(c2ccccc2)O1. The minimum atomic E-state index is -3.79. The quantitative estimate of drug-likeness (QED) is 0.584. The summed E-state index contributed by atoms with van der Waals surface area (Å²) in [5, 5.41) is 0.516. The maximum absolute atomic E-state index is 13.1. The summed E-state index contributed by atoms with van der Waals surface area (Å²) >= 11 is 5.84. The lowest BCUT2D eigenvalue weighted by molar-refractivity contribution is -0.0691. The Kier molecular flexibility index (Phi) is 6.50. The van der Waals surface area contributed by atoms with Crippen molar-refractivity contribution < 1.29 is 17.9 Å². The normalized spacial score (nSPS) is 18.9. The number of halogens is 1. The second-order valence-electron chi connectivity index (χ2n) is 7.69. The number of nitrogens with one attached hydrogen (secondary N) is 1. The summed E-state index contributed by atoms with van der Waals surface area (Å²) in [6, 6.07) is 22.1. The molecule has 0 spiro atoms. The highest BCUT2D eigenvalue weighted by Crippen LogP contribution is 2.26. The minimum absolute atomic E-state index is 0.0708. The summed E-state index contributed by atoms with van der Waals surface area (Å²) in [6.45, 7) is 2.85. The summed E-state index contributed by atoms with van der Waals surface area (Å²) in [5.74, 6) is -0.157. The van der Waals surface area contributed by atoms with Gasteiger partial charge in [0.25, 0.3) is 15.9 Å². The van der Waals surface area contributed by atoms with E-state index in [9.17, 15) is 13.2 Å². The molecular weight excluding hydrogens is 448 g/mol. The van der Waals surface area contributed by atoms with Gasteiger partial charge in [0.2, 0.25) is 0 Å². The predicted molar refractivity (Wildman–Crippen MR) is 124 cm³/mol. The molecule has 1 heterocycles. The molecule has 8 heteroatoms. The van der Waals surface area contributed by atoms with Gasteiger partial charge in [0.05, 0.1) is 17.5 Å². The van der Waals surface area contributed by atoms with Crippen LogP contribution in [-0.2, 0) is 14.8 Å². The minimum Gasteiger partial charge on any atom is -0.367 e. The lowest BCUT2D eigenvalue weighted by Gasteiger charge is -2.37. The number of hydrogen-bond donors (Lipinski definition) is 1. The highest BCUT2D eigenvalue weighted by Gasteiger charge is 2.30. The molecule has 1 saturated heterocycles. The van der Waals surface area contributed by atoms with Crippen LogP contribution in [0.5, 0.6) is 0 Å². The van der Waals surface area contributed by atoms with E-state index >= 15 is 0 Å². The van der Waals surface area contributed by atoms with Crippen molar-refractivity contribution in [1.29, 1.82) is 0 Å². The molecule has 32 heavy (non-hydrogen) atoms. The highest BCUT2D eigenvalue weighted by molar-refractivity contribution is 7.92. The van der Waals surface area contributed by atoms with E-state index in [4.69, 9.17) is 16.3 Å². The molecule has 1 fully saturated rings. The molecule has 0 bridgehead atoms. The van der Waals surface area contributed by atoms with Gasteiger partial charge >= 0.3 is 0 Å². The zero-order valence-corrected chi connectivity index (χ0v) is 19.0. The Balaban J connectivity index is 1.48. The first-order chi connectivity index (χ1) is 15.3. The van der Waals surface area contributed by atoms with Crippen molar-refractivity contribution in [2.75, 3.05) is 17.8 Å². The second kappa shape index (κ2) is 9.32. The number of nitrogens with zero attached hydrogens (tertiary/aromatic N) is 1. The van der Waals surface area contributed by atoms with Gasteiger partial charge in [-0.1, -0.05) is 41.9 Å². The summed E-state index contributed by atoms with van der Waals surface area (Å²) in [5.41, 5.74) is 1.85. The van der Waals surface area contributed by atoms with Crippen LogP contribution in [-0.4, -0.2) is 38.4 Å². The first-order valence-electron chi connectivity index (χ1n) is 10.2. The molecule has 1 amide bonds.